The van der Waals surface area contributed by atoms with E-state index in [9.17, 15) is 0 Å². The smallest absolute Gasteiger partial charge is 0.224 e. The van der Waals surface area contributed by atoms with Crippen LogP contribution < -0.4 is 4.74 Å². The number of hydrogen-bond donors (Lipinski definition) is 0. The minimum absolute atomic E-state index is 0.570. The molecule has 0 saturated carbocycles. The number of methoxy groups -OCH3 is 1. The van der Waals surface area contributed by atoms with Crippen molar-refractivity contribution in [2.45, 2.75) is 0 Å². The van der Waals surface area contributed by atoms with Crippen LogP contribution in [0, 0.1) is 0 Å². The van der Waals surface area contributed by atoms with Crippen molar-refractivity contribution in [2.75, 3.05) is 7.11 Å². The number of nitrogens with zero attached hydrogens (tertiary/aromatic N) is 2. The van der Waals surface area contributed by atoms with Gasteiger partial charge in [0.25, 0.3) is 0 Å². The first-order valence-electron chi connectivity index (χ1n) is 5.84. The molecule has 1 heterocycles. The fourth-order valence-electron chi connectivity index (χ4n) is 1.96. The topological polar surface area (TPSA) is 35.0 Å². The van der Waals surface area contributed by atoms with E-state index in [1.54, 1.807) is 7.11 Å². The number of ether oxygens (including phenoxy) is 1. The molecular formula is C15H11ClN2O. The summed E-state index contributed by atoms with van der Waals surface area (Å²) in [7, 11) is 1.61. The van der Waals surface area contributed by atoms with Crippen LogP contribution in [0.15, 0.2) is 48.5 Å². The summed E-state index contributed by atoms with van der Waals surface area (Å²) in [5, 5.41) is 1.56. The van der Waals surface area contributed by atoms with Crippen LogP contribution in [0.3, 0.4) is 0 Å². The molecule has 4 heteroatoms. The van der Waals surface area contributed by atoms with Crippen molar-refractivity contribution in [3.8, 4) is 17.3 Å². The molecule has 1 aromatic heterocycles. The lowest BCUT2D eigenvalue weighted by Crippen LogP contribution is -1.95. The number of rotatable bonds is 2. The number of para-hydroxylation sites is 1. The minimum atomic E-state index is 0.570. The van der Waals surface area contributed by atoms with Gasteiger partial charge in [0.1, 0.15) is 0 Å². The maximum Gasteiger partial charge on any atom is 0.224 e. The summed E-state index contributed by atoms with van der Waals surface area (Å²) < 4.78 is 5.34. The van der Waals surface area contributed by atoms with Crippen molar-refractivity contribution in [3.05, 3.63) is 53.6 Å². The molecule has 0 bridgehead atoms. The Hall–Kier alpha value is -2.13. The van der Waals surface area contributed by atoms with E-state index in [-0.39, 0.29) is 0 Å². The van der Waals surface area contributed by atoms with E-state index in [0.717, 1.165) is 16.5 Å². The molecule has 0 amide bonds. The van der Waals surface area contributed by atoms with Gasteiger partial charge in [0.2, 0.25) is 5.88 Å². The fourth-order valence-corrected chi connectivity index (χ4v) is 2.15. The van der Waals surface area contributed by atoms with Crippen LogP contribution in [-0.4, -0.2) is 17.1 Å². The summed E-state index contributed by atoms with van der Waals surface area (Å²) >= 11 is 6.00. The largest absolute Gasteiger partial charge is 0.480 e. The van der Waals surface area contributed by atoms with E-state index >= 15 is 0 Å². The van der Waals surface area contributed by atoms with Gasteiger partial charge in [-0.2, -0.15) is 4.98 Å². The Morgan fingerprint density at radius 3 is 2.63 bits per heavy atom. The van der Waals surface area contributed by atoms with Gasteiger partial charge in [-0.3, -0.25) is 0 Å². The summed E-state index contributed by atoms with van der Waals surface area (Å²) in [6, 6.07) is 15.2. The lowest BCUT2D eigenvalue weighted by atomic mass is 10.2. The van der Waals surface area contributed by atoms with E-state index in [1.807, 2.05) is 48.5 Å². The molecule has 3 aromatic rings. The Kier molecular flexibility index (Phi) is 3.05. The molecule has 19 heavy (non-hydrogen) atoms. The average Bonchev–Trinajstić information content (AvgIpc) is 2.46. The van der Waals surface area contributed by atoms with Gasteiger partial charge in [0.15, 0.2) is 5.82 Å². The molecule has 0 radical (unpaired) electrons. The number of aromatic nitrogens is 2. The van der Waals surface area contributed by atoms with E-state index in [1.165, 1.54) is 0 Å². The highest BCUT2D eigenvalue weighted by atomic mass is 35.5. The number of hydrogen-bond acceptors (Lipinski definition) is 3. The van der Waals surface area contributed by atoms with E-state index in [4.69, 9.17) is 16.3 Å². The molecule has 3 nitrogen and oxygen atoms in total. The third kappa shape index (κ3) is 2.25. The number of halogens is 1. The molecule has 0 saturated heterocycles. The van der Waals surface area contributed by atoms with Crippen LogP contribution in [-0.2, 0) is 0 Å². The van der Waals surface area contributed by atoms with Crippen molar-refractivity contribution in [3.63, 3.8) is 0 Å². The Bertz CT molecular complexity index is 743. The van der Waals surface area contributed by atoms with Gasteiger partial charge < -0.3 is 4.74 Å². The highest BCUT2D eigenvalue weighted by molar-refractivity contribution is 6.30. The molecule has 0 spiro atoms. The second-order valence-electron chi connectivity index (χ2n) is 4.08. The summed E-state index contributed by atoms with van der Waals surface area (Å²) in [4.78, 5) is 8.98. The van der Waals surface area contributed by atoms with E-state index in [0.29, 0.717) is 16.7 Å². The van der Waals surface area contributed by atoms with Crippen molar-refractivity contribution in [1.29, 1.82) is 0 Å². The predicted octanol–water partition coefficient (Wildman–Crippen LogP) is 3.96. The fraction of sp³-hybridized carbons (Fsp3) is 0.0667. The second kappa shape index (κ2) is 4.86. The summed E-state index contributed by atoms with van der Waals surface area (Å²) in [5.74, 6) is 1.18. The molecule has 0 aliphatic rings. The van der Waals surface area contributed by atoms with Gasteiger partial charge in [-0.1, -0.05) is 35.9 Å². The first kappa shape index (κ1) is 11.9. The van der Waals surface area contributed by atoms with Crippen molar-refractivity contribution in [2.24, 2.45) is 0 Å². The number of fused-ring (bicyclic) bond motifs is 1. The molecule has 3 rings (SSSR count). The van der Waals surface area contributed by atoms with Gasteiger partial charge in [-0.05, 0) is 24.3 Å². The molecule has 0 fully saturated rings. The SMILES string of the molecule is COc1nc(-c2cccc(Cl)c2)nc2ccccc12. The van der Waals surface area contributed by atoms with Crippen molar-refractivity contribution >= 4 is 22.5 Å². The zero-order valence-corrected chi connectivity index (χ0v) is 11.1. The van der Waals surface area contributed by atoms with Gasteiger partial charge in [0.05, 0.1) is 18.0 Å². The lowest BCUT2D eigenvalue weighted by Gasteiger charge is -2.07. The van der Waals surface area contributed by atoms with Crippen LogP contribution in [0.5, 0.6) is 5.88 Å². The second-order valence-corrected chi connectivity index (χ2v) is 4.52. The van der Waals surface area contributed by atoms with Crippen LogP contribution in [0.25, 0.3) is 22.3 Å². The standard InChI is InChI=1S/C15H11ClN2O/c1-19-15-12-7-2-3-8-13(12)17-14(18-15)10-5-4-6-11(16)9-10/h2-9H,1H3. The van der Waals surface area contributed by atoms with Crippen LogP contribution in [0.2, 0.25) is 5.02 Å². The van der Waals surface area contributed by atoms with Gasteiger partial charge in [-0.15, -0.1) is 0 Å². The van der Waals surface area contributed by atoms with Crippen LogP contribution >= 0.6 is 11.6 Å². The summed E-state index contributed by atoms with van der Waals surface area (Å²) in [6.45, 7) is 0. The molecule has 0 unspecified atom stereocenters. The zero-order chi connectivity index (χ0) is 13.2. The summed E-state index contributed by atoms with van der Waals surface area (Å²) in [6.07, 6.45) is 0. The number of benzene rings is 2. The lowest BCUT2D eigenvalue weighted by molar-refractivity contribution is 0.403. The Labute approximate surface area is 115 Å². The van der Waals surface area contributed by atoms with Gasteiger partial charge >= 0.3 is 0 Å². The zero-order valence-electron chi connectivity index (χ0n) is 10.3. The van der Waals surface area contributed by atoms with Crippen LogP contribution in [0.4, 0.5) is 0 Å². The quantitative estimate of drug-likeness (QED) is 0.707. The monoisotopic (exact) mass is 270 g/mol. The first-order valence-corrected chi connectivity index (χ1v) is 6.22. The molecule has 0 N–H and O–H groups in total. The van der Waals surface area contributed by atoms with Crippen LogP contribution in [0.1, 0.15) is 0 Å². The van der Waals surface area contributed by atoms with E-state index in [2.05, 4.69) is 9.97 Å². The normalized spacial score (nSPS) is 10.6. The Balaban J connectivity index is 2.25. The van der Waals surface area contributed by atoms with Gasteiger partial charge in [0, 0.05) is 10.6 Å². The van der Waals surface area contributed by atoms with Crippen molar-refractivity contribution in [1.82, 2.24) is 9.97 Å². The predicted molar refractivity (Wildman–Crippen MR) is 76.5 cm³/mol. The molecule has 0 aliphatic carbocycles. The van der Waals surface area contributed by atoms with Gasteiger partial charge in [-0.25, -0.2) is 4.98 Å². The minimum Gasteiger partial charge on any atom is -0.480 e. The highest BCUT2D eigenvalue weighted by Gasteiger charge is 2.09. The molecule has 94 valence electrons. The molecule has 0 aliphatic heterocycles. The maximum atomic E-state index is 6.00. The molecular weight excluding hydrogens is 260 g/mol. The van der Waals surface area contributed by atoms with E-state index < -0.39 is 0 Å². The van der Waals surface area contributed by atoms with Crippen molar-refractivity contribution < 1.29 is 4.74 Å². The average molecular weight is 271 g/mol. The highest BCUT2D eigenvalue weighted by Crippen LogP contribution is 2.27. The molecule has 0 atom stereocenters. The third-order valence-electron chi connectivity index (χ3n) is 2.84. The third-order valence-corrected chi connectivity index (χ3v) is 3.08. The first-order chi connectivity index (χ1) is 9.28. The Morgan fingerprint density at radius 2 is 1.84 bits per heavy atom. The maximum absolute atomic E-state index is 6.00. The Morgan fingerprint density at radius 1 is 1.00 bits per heavy atom. The molecule has 2 aromatic carbocycles. The summed E-state index contributed by atoms with van der Waals surface area (Å²) in [5.41, 5.74) is 1.72.